The van der Waals surface area contributed by atoms with Gasteiger partial charge in [0.2, 0.25) is 0 Å². The zero-order chi connectivity index (χ0) is 8.39. The average Bonchev–Trinajstić information content (AvgIpc) is 2.88. The largest absolute Gasteiger partial charge is 0.393 e. The number of rotatable bonds is 3. The van der Waals surface area contributed by atoms with Crippen molar-refractivity contribution in [3.63, 3.8) is 0 Å². The Morgan fingerprint density at radius 1 is 1.33 bits per heavy atom. The predicted octanol–water partition coefficient (Wildman–Crippen LogP) is 2.50. The molecule has 2 unspecified atom stereocenters. The second-order valence-corrected chi connectivity index (χ2v) is 4.26. The zero-order valence-electron chi connectivity index (χ0n) is 7.58. The maximum absolute atomic E-state index is 9.71. The fraction of sp³-hybridized carbons (Fsp3) is 0.818. The summed E-state index contributed by atoms with van der Waals surface area (Å²) in [6, 6.07) is 0. The third-order valence-electron chi connectivity index (χ3n) is 3.06. The molecular weight excluding hydrogens is 148 g/mol. The van der Waals surface area contributed by atoms with Crippen molar-refractivity contribution in [2.24, 2.45) is 11.8 Å². The SMILES string of the molecule is OC(CC1C=CCCC1)C1CC1. The van der Waals surface area contributed by atoms with E-state index in [2.05, 4.69) is 12.2 Å². The summed E-state index contributed by atoms with van der Waals surface area (Å²) in [5.41, 5.74) is 0. The topological polar surface area (TPSA) is 20.2 Å². The Morgan fingerprint density at radius 2 is 2.17 bits per heavy atom. The van der Waals surface area contributed by atoms with Gasteiger partial charge in [0.1, 0.15) is 0 Å². The number of hydrogen-bond donors (Lipinski definition) is 1. The molecule has 1 saturated carbocycles. The molecule has 12 heavy (non-hydrogen) atoms. The Morgan fingerprint density at radius 3 is 2.75 bits per heavy atom. The average molecular weight is 166 g/mol. The van der Waals surface area contributed by atoms with Gasteiger partial charge >= 0.3 is 0 Å². The zero-order valence-corrected chi connectivity index (χ0v) is 7.58. The molecule has 0 aromatic rings. The van der Waals surface area contributed by atoms with Gasteiger partial charge in [0.05, 0.1) is 6.10 Å². The summed E-state index contributed by atoms with van der Waals surface area (Å²) in [4.78, 5) is 0. The number of aliphatic hydroxyl groups is 1. The van der Waals surface area contributed by atoms with E-state index in [1.807, 2.05) is 0 Å². The van der Waals surface area contributed by atoms with E-state index in [1.165, 1.54) is 32.1 Å². The van der Waals surface area contributed by atoms with Gasteiger partial charge in [-0.15, -0.1) is 0 Å². The van der Waals surface area contributed by atoms with Gasteiger partial charge < -0.3 is 5.11 Å². The van der Waals surface area contributed by atoms with Crippen molar-refractivity contribution in [1.29, 1.82) is 0 Å². The fourth-order valence-corrected chi connectivity index (χ4v) is 2.06. The summed E-state index contributed by atoms with van der Waals surface area (Å²) in [6.45, 7) is 0. The van der Waals surface area contributed by atoms with Crippen molar-refractivity contribution < 1.29 is 5.11 Å². The molecule has 2 atom stereocenters. The molecule has 1 fully saturated rings. The monoisotopic (exact) mass is 166 g/mol. The van der Waals surface area contributed by atoms with Crippen molar-refractivity contribution in [3.05, 3.63) is 12.2 Å². The number of hydrogen-bond acceptors (Lipinski definition) is 1. The Kier molecular flexibility index (Phi) is 2.50. The van der Waals surface area contributed by atoms with Crippen molar-refractivity contribution in [2.45, 2.75) is 44.6 Å². The molecule has 1 N–H and O–H groups in total. The lowest BCUT2D eigenvalue weighted by molar-refractivity contribution is 0.125. The highest BCUT2D eigenvalue weighted by molar-refractivity contribution is 4.95. The standard InChI is InChI=1S/C11H18O/c12-11(10-6-7-10)8-9-4-2-1-3-5-9/h2,4,9-12H,1,3,5-8H2. The molecule has 0 aromatic heterocycles. The van der Waals surface area contributed by atoms with Gasteiger partial charge in [0, 0.05) is 0 Å². The lowest BCUT2D eigenvalue weighted by atomic mass is 9.90. The first-order valence-corrected chi connectivity index (χ1v) is 5.21. The lowest BCUT2D eigenvalue weighted by Crippen LogP contribution is -2.15. The van der Waals surface area contributed by atoms with Crippen LogP contribution >= 0.6 is 0 Å². The van der Waals surface area contributed by atoms with E-state index in [0.717, 1.165) is 6.42 Å². The highest BCUT2D eigenvalue weighted by Crippen LogP contribution is 2.36. The molecule has 0 bridgehead atoms. The fourth-order valence-electron chi connectivity index (χ4n) is 2.06. The minimum absolute atomic E-state index is 0.00208. The van der Waals surface area contributed by atoms with E-state index >= 15 is 0 Å². The summed E-state index contributed by atoms with van der Waals surface area (Å²) in [6.07, 6.45) is 12.0. The van der Waals surface area contributed by atoms with E-state index in [1.54, 1.807) is 0 Å². The molecule has 2 rings (SSSR count). The molecule has 0 amide bonds. The van der Waals surface area contributed by atoms with Crippen LogP contribution in [0.4, 0.5) is 0 Å². The normalized spacial score (nSPS) is 31.9. The van der Waals surface area contributed by atoms with Crippen molar-refractivity contribution >= 4 is 0 Å². The molecule has 1 nitrogen and oxygen atoms in total. The number of allylic oxidation sites excluding steroid dienone is 2. The second-order valence-electron chi connectivity index (χ2n) is 4.26. The minimum Gasteiger partial charge on any atom is -0.393 e. The Hall–Kier alpha value is -0.300. The first-order chi connectivity index (χ1) is 5.86. The molecule has 68 valence electrons. The number of aliphatic hydroxyl groups excluding tert-OH is 1. The van der Waals surface area contributed by atoms with Crippen LogP contribution in [0.5, 0.6) is 0 Å². The molecule has 0 spiro atoms. The molecule has 0 heterocycles. The quantitative estimate of drug-likeness (QED) is 0.639. The maximum atomic E-state index is 9.71. The van der Waals surface area contributed by atoms with Crippen LogP contribution in [0.15, 0.2) is 12.2 Å². The first kappa shape index (κ1) is 8.31. The van der Waals surface area contributed by atoms with Gasteiger partial charge in [0.25, 0.3) is 0 Å². The summed E-state index contributed by atoms with van der Waals surface area (Å²) < 4.78 is 0. The van der Waals surface area contributed by atoms with Crippen LogP contribution in [0, 0.1) is 11.8 Å². The highest BCUT2D eigenvalue weighted by atomic mass is 16.3. The molecule has 2 aliphatic rings. The molecule has 0 aliphatic heterocycles. The Bertz CT molecular complexity index is 170. The summed E-state index contributed by atoms with van der Waals surface area (Å²) >= 11 is 0. The third-order valence-corrected chi connectivity index (χ3v) is 3.06. The maximum Gasteiger partial charge on any atom is 0.0574 e. The highest BCUT2D eigenvalue weighted by Gasteiger charge is 2.30. The van der Waals surface area contributed by atoms with Gasteiger partial charge in [-0.25, -0.2) is 0 Å². The Labute approximate surface area is 74.5 Å². The van der Waals surface area contributed by atoms with Crippen LogP contribution in [-0.4, -0.2) is 11.2 Å². The first-order valence-electron chi connectivity index (χ1n) is 5.21. The lowest BCUT2D eigenvalue weighted by Gasteiger charge is -2.19. The van der Waals surface area contributed by atoms with Crippen LogP contribution in [0.1, 0.15) is 38.5 Å². The van der Waals surface area contributed by atoms with Crippen molar-refractivity contribution in [3.8, 4) is 0 Å². The smallest absolute Gasteiger partial charge is 0.0574 e. The van der Waals surface area contributed by atoms with Gasteiger partial charge in [-0.1, -0.05) is 12.2 Å². The summed E-state index contributed by atoms with van der Waals surface area (Å²) in [5.74, 6) is 1.33. The van der Waals surface area contributed by atoms with Crippen LogP contribution in [0.3, 0.4) is 0 Å². The van der Waals surface area contributed by atoms with Gasteiger partial charge in [-0.3, -0.25) is 0 Å². The van der Waals surface area contributed by atoms with Gasteiger partial charge in [0.15, 0.2) is 0 Å². The molecule has 0 aromatic carbocycles. The van der Waals surface area contributed by atoms with Crippen LogP contribution < -0.4 is 0 Å². The molecule has 1 heteroatoms. The van der Waals surface area contributed by atoms with Crippen molar-refractivity contribution in [1.82, 2.24) is 0 Å². The predicted molar refractivity (Wildman–Crippen MR) is 49.8 cm³/mol. The summed E-state index contributed by atoms with van der Waals surface area (Å²) in [7, 11) is 0. The van der Waals surface area contributed by atoms with E-state index in [-0.39, 0.29) is 6.10 Å². The second kappa shape index (κ2) is 3.61. The molecule has 2 aliphatic carbocycles. The summed E-state index contributed by atoms with van der Waals surface area (Å²) in [5, 5.41) is 9.71. The van der Waals surface area contributed by atoms with Gasteiger partial charge in [-0.2, -0.15) is 0 Å². The van der Waals surface area contributed by atoms with E-state index < -0.39 is 0 Å². The van der Waals surface area contributed by atoms with E-state index in [0.29, 0.717) is 11.8 Å². The molecular formula is C11H18O. The van der Waals surface area contributed by atoms with Crippen LogP contribution in [0.25, 0.3) is 0 Å². The van der Waals surface area contributed by atoms with E-state index in [9.17, 15) is 5.11 Å². The van der Waals surface area contributed by atoms with Gasteiger partial charge in [-0.05, 0) is 50.4 Å². The third kappa shape index (κ3) is 2.10. The van der Waals surface area contributed by atoms with Crippen LogP contribution in [0.2, 0.25) is 0 Å². The Balaban J connectivity index is 1.76. The van der Waals surface area contributed by atoms with E-state index in [4.69, 9.17) is 0 Å². The van der Waals surface area contributed by atoms with Crippen molar-refractivity contribution in [2.75, 3.05) is 0 Å². The minimum atomic E-state index is -0.00208. The molecule has 0 radical (unpaired) electrons. The van der Waals surface area contributed by atoms with Crippen LogP contribution in [-0.2, 0) is 0 Å². The molecule has 0 saturated heterocycles.